The van der Waals surface area contributed by atoms with Gasteiger partial charge in [0.25, 0.3) is 0 Å². The van der Waals surface area contributed by atoms with Crippen molar-refractivity contribution in [3.8, 4) is 0 Å². The van der Waals surface area contributed by atoms with Gasteiger partial charge in [-0.25, -0.2) is 12.7 Å². The molecule has 0 aliphatic carbocycles. The molecular formula is C15H28N2O3S. The number of rotatable bonds is 8. The summed E-state index contributed by atoms with van der Waals surface area (Å²) in [5, 5.41) is 3.22. The molecule has 0 aromatic carbocycles. The van der Waals surface area contributed by atoms with Gasteiger partial charge in [-0.2, -0.15) is 0 Å². The average Bonchev–Trinajstić information content (AvgIpc) is 2.78. The molecule has 5 nitrogen and oxygen atoms in total. The normalized spacial score (nSPS) is 14.1. The van der Waals surface area contributed by atoms with Gasteiger partial charge in [0.05, 0.1) is 6.54 Å². The summed E-state index contributed by atoms with van der Waals surface area (Å²) >= 11 is 0. The Kier molecular flexibility index (Phi) is 6.43. The summed E-state index contributed by atoms with van der Waals surface area (Å²) in [5.41, 5.74) is 0. The lowest BCUT2D eigenvalue weighted by Crippen LogP contribution is -2.31. The first-order valence-electron chi connectivity index (χ1n) is 7.47. The minimum absolute atomic E-state index is 0.272. The Balaban J connectivity index is 2.92. The molecule has 0 fully saturated rings. The van der Waals surface area contributed by atoms with Crippen LogP contribution in [0.2, 0.25) is 0 Å². The van der Waals surface area contributed by atoms with E-state index < -0.39 is 10.0 Å². The number of sulfonamides is 1. The van der Waals surface area contributed by atoms with Crippen molar-refractivity contribution in [2.24, 2.45) is 5.92 Å². The highest BCUT2D eigenvalue weighted by Gasteiger charge is 2.26. The molecule has 1 aromatic heterocycles. The lowest BCUT2D eigenvalue weighted by Gasteiger charge is -2.19. The van der Waals surface area contributed by atoms with Crippen LogP contribution >= 0.6 is 0 Å². The Bertz CT molecular complexity index is 549. The van der Waals surface area contributed by atoms with Crippen LogP contribution in [-0.4, -0.2) is 32.4 Å². The van der Waals surface area contributed by atoms with E-state index in [0.29, 0.717) is 36.6 Å². The number of furan rings is 1. The standard InChI is InChI=1S/C15H28N2O3S/c1-7-12(4)10-17(6)21(18,19)15-8-14(20-13(15)5)9-16-11(2)3/h8,11-12,16H,7,9-10H2,1-6H3. The van der Waals surface area contributed by atoms with Gasteiger partial charge in [0, 0.05) is 25.7 Å². The van der Waals surface area contributed by atoms with Crippen LogP contribution < -0.4 is 5.32 Å². The number of nitrogens with zero attached hydrogens (tertiary/aromatic N) is 1. The number of hydrogen-bond donors (Lipinski definition) is 1. The lowest BCUT2D eigenvalue weighted by molar-refractivity contribution is 0.392. The monoisotopic (exact) mass is 316 g/mol. The maximum Gasteiger partial charge on any atom is 0.246 e. The molecule has 1 N–H and O–H groups in total. The Hall–Kier alpha value is -0.850. The molecule has 0 radical (unpaired) electrons. The van der Waals surface area contributed by atoms with E-state index in [1.807, 2.05) is 20.8 Å². The smallest absolute Gasteiger partial charge is 0.246 e. The van der Waals surface area contributed by atoms with E-state index >= 15 is 0 Å². The average molecular weight is 316 g/mol. The zero-order chi connectivity index (χ0) is 16.2. The molecule has 0 aliphatic heterocycles. The summed E-state index contributed by atoms with van der Waals surface area (Å²) in [7, 11) is -1.86. The SMILES string of the molecule is CCC(C)CN(C)S(=O)(=O)c1cc(CNC(C)C)oc1C. The van der Waals surface area contributed by atoms with E-state index in [0.717, 1.165) is 6.42 Å². The van der Waals surface area contributed by atoms with Crippen molar-refractivity contribution in [1.82, 2.24) is 9.62 Å². The third kappa shape index (κ3) is 4.83. The molecule has 122 valence electrons. The Morgan fingerprint density at radius 2 is 1.95 bits per heavy atom. The van der Waals surface area contributed by atoms with E-state index in [1.165, 1.54) is 4.31 Å². The van der Waals surface area contributed by atoms with Gasteiger partial charge in [-0.3, -0.25) is 0 Å². The van der Waals surface area contributed by atoms with E-state index in [1.54, 1.807) is 20.0 Å². The van der Waals surface area contributed by atoms with Crippen molar-refractivity contribution in [3.05, 3.63) is 17.6 Å². The van der Waals surface area contributed by atoms with Gasteiger partial charge in [-0.15, -0.1) is 0 Å². The highest BCUT2D eigenvalue weighted by atomic mass is 32.2. The van der Waals surface area contributed by atoms with Gasteiger partial charge in [-0.1, -0.05) is 34.1 Å². The van der Waals surface area contributed by atoms with Crippen molar-refractivity contribution >= 4 is 10.0 Å². The molecule has 21 heavy (non-hydrogen) atoms. The van der Waals surface area contributed by atoms with Gasteiger partial charge in [0.1, 0.15) is 16.4 Å². The van der Waals surface area contributed by atoms with Crippen LogP contribution in [0.4, 0.5) is 0 Å². The number of hydrogen-bond acceptors (Lipinski definition) is 4. The summed E-state index contributed by atoms with van der Waals surface area (Å²) in [5.74, 6) is 1.43. The van der Waals surface area contributed by atoms with Gasteiger partial charge in [0.2, 0.25) is 10.0 Å². The van der Waals surface area contributed by atoms with Crippen LogP contribution in [-0.2, 0) is 16.6 Å². The topological polar surface area (TPSA) is 62.6 Å². The predicted molar refractivity (Wildman–Crippen MR) is 84.7 cm³/mol. The molecule has 0 spiro atoms. The Labute approximate surface area is 128 Å². The molecule has 1 heterocycles. The van der Waals surface area contributed by atoms with E-state index in [2.05, 4.69) is 12.2 Å². The zero-order valence-electron chi connectivity index (χ0n) is 13.9. The first kappa shape index (κ1) is 18.2. The molecule has 0 bridgehead atoms. The first-order valence-corrected chi connectivity index (χ1v) is 8.91. The van der Waals surface area contributed by atoms with Crippen LogP contribution in [0.25, 0.3) is 0 Å². The second-order valence-electron chi connectivity index (χ2n) is 5.97. The highest BCUT2D eigenvalue weighted by Crippen LogP contribution is 2.24. The molecule has 0 saturated carbocycles. The van der Waals surface area contributed by atoms with Gasteiger partial charge < -0.3 is 9.73 Å². The minimum atomic E-state index is -3.48. The van der Waals surface area contributed by atoms with Gasteiger partial charge >= 0.3 is 0 Å². The summed E-state index contributed by atoms with van der Waals surface area (Å²) < 4.78 is 32.2. The van der Waals surface area contributed by atoms with Crippen LogP contribution in [0.5, 0.6) is 0 Å². The zero-order valence-corrected chi connectivity index (χ0v) is 14.8. The quantitative estimate of drug-likeness (QED) is 0.801. The van der Waals surface area contributed by atoms with Crippen molar-refractivity contribution in [1.29, 1.82) is 0 Å². The predicted octanol–water partition coefficient (Wildman–Crippen LogP) is 2.75. The van der Waals surface area contributed by atoms with Crippen LogP contribution in [0.15, 0.2) is 15.4 Å². The number of aryl methyl sites for hydroxylation is 1. The van der Waals surface area contributed by atoms with Gasteiger partial charge in [-0.05, 0) is 12.8 Å². The fourth-order valence-corrected chi connectivity index (χ4v) is 3.48. The van der Waals surface area contributed by atoms with Crippen molar-refractivity contribution in [3.63, 3.8) is 0 Å². The summed E-state index contributed by atoms with van der Waals surface area (Å²) in [6.45, 7) is 10.9. The largest absolute Gasteiger partial charge is 0.464 e. The van der Waals surface area contributed by atoms with Crippen molar-refractivity contribution in [2.75, 3.05) is 13.6 Å². The lowest BCUT2D eigenvalue weighted by atomic mass is 10.1. The maximum absolute atomic E-state index is 12.6. The molecule has 0 aliphatic rings. The molecule has 1 unspecified atom stereocenters. The molecule has 0 saturated heterocycles. The third-order valence-corrected chi connectivity index (χ3v) is 5.49. The fourth-order valence-electron chi connectivity index (χ4n) is 2.01. The van der Waals surface area contributed by atoms with Crippen molar-refractivity contribution in [2.45, 2.75) is 58.5 Å². The van der Waals surface area contributed by atoms with Crippen LogP contribution in [0, 0.1) is 12.8 Å². The summed E-state index contributed by atoms with van der Waals surface area (Å²) in [6.07, 6.45) is 0.952. The molecule has 1 aromatic rings. The van der Waals surface area contributed by atoms with Crippen molar-refractivity contribution < 1.29 is 12.8 Å². The van der Waals surface area contributed by atoms with E-state index in [-0.39, 0.29) is 4.90 Å². The maximum atomic E-state index is 12.6. The van der Waals surface area contributed by atoms with Crippen LogP contribution in [0.1, 0.15) is 45.6 Å². The Morgan fingerprint density at radius 3 is 2.48 bits per heavy atom. The molecule has 1 rings (SSSR count). The summed E-state index contributed by atoms with van der Waals surface area (Å²) in [6, 6.07) is 1.95. The van der Waals surface area contributed by atoms with Crippen LogP contribution in [0.3, 0.4) is 0 Å². The van der Waals surface area contributed by atoms with E-state index in [9.17, 15) is 8.42 Å². The van der Waals surface area contributed by atoms with E-state index in [4.69, 9.17) is 4.42 Å². The molecule has 0 amide bonds. The Morgan fingerprint density at radius 1 is 1.33 bits per heavy atom. The first-order chi connectivity index (χ1) is 9.68. The highest BCUT2D eigenvalue weighted by molar-refractivity contribution is 7.89. The molecule has 1 atom stereocenters. The second kappa shape index (κ2) is 7.42. The fraction of sp³-hybridized carbons (Fsp3) is 0.733. The van der Waals surface area contributed by atoms with Gasteiger partial charge in [0.15, 0.2) is 0 Å². The minimum Gasteiger partial charge on any atom is -0.464 e. The summed E-state index contributed by atoms with van der Waals surface area (Å²) in [4.78, 5) is 0.272. The third-order valence-electron chi connectivity index (χ3n) is 3.56. The number of nitrogens with one attached hydrogen (secondary N) is 1. The second-order valence-corrected chi connectivity index (χ2v) is 7.98. The molecule has 6 heteroatoms. The molecular weight excluding hydrogens is 288 g/mol.